The standard InChI is InChI=1S/C12H19BrN2/c1-9-8-11(5-6-12(9)13)15-7-3-4-10(2)14/h5-6,8,10,15H,3-4,7,14H2,1-2H3. The monoisotopic (exact) mass is 270 g/mol. The summed E-state index contributed by atoms with van der Waals surface area (Å²) in [5.41, 5.74) is 8.12. The molecule has 0 aliphatic rings. The van der Waals surface area contributed by atoms with Crippen LogP contribution in [0.25, 0.3) is 0 Å². The lowest BCUT2D eigenvalue weighted by Gasteiger charge is -2.09. The molecule has 1 aromatic rings. The summed E-state index contributed by atoms with van der Waals surface area (Å²) in [5, 5.41) is 3.39. The number of aryl methyl sites for hydroxylation is 1. The van der Waals surface area contributed by atoms with Crippen molar-refractivity contribution in [3.8, 4) is 0 Å². The van der Waals surface area contributed by atoms with Gasteiger partial charge in [-0.25, -0.2) is 0 Å². The lowest BCUT2D eigenvalue weighted by atomic mass is 10.2. The molecule has 1 atom stereocenters. The summed E-state index contributed by atoms with van der Waals surface area (Å²) in [5.74, 6) is 0. The van der Waals surface area contributed by atoms with Gasteiger partial charge >= 0.3 is 0 Å². The van der Waals surface area contributed by atoms with Crippen molar-refractivity contribution in [1.29, 1.82) is 0 Å². The SMILES string of the molecule is Cc1cc(NCCCC(C)N)ccc1Br. The minimum absolute atomic E-state index is 0.304. The fourth-order valence-electron chi connectivity index (χ4n) is 1.41. The van der Waals surface area contributed by atoms with Crippen molar-refractivity contribution in [2.75, 3.05) is 11.9 Å². The summed E-state index contributed by atoms with van der Waals surface area (Å²) in [6.45, 7) is 5.13. The zero-order valence-electron chi connectivity index (χ0n) is 9.39. The quantitative estimate of drug-likeness (QED) is 0.806. The van der Waals surface area contributed by atoms with Crippen molar-refractivity contribution in [1.82, 2.24) is 0 Å². The van der Waals surface area contributed by atoms with Crippen molar-refractivity contribution in [3.63, 3.8) is 0 Å². The smallest absolute Gasteiger partial charge is 0.0343 e. The molecule has 1 rings (SSSR count). The van der Waals surface area contributed by atoms with Crippen LogP contribution < -0.4 is 11.1 Å². The van der Waals surface area contributed by atoms with Crippen LogP contribution in [0.5, 0.6) is 0 Å². The number of halogens is 1. The molecule has 15 heavy (non-hydrogen) atoms. The third kappa shape index (κ3) is 4.67. The topological polar surface area (TPSA) is 38.0 Å². The molecule has 0 fully saturated rings. The Balaban J connectivity index is 2.35. The molecule has 0 aliphatic carbocycles. The highest BCUT2D eigenvalue weighted by molar-refractivity contribution is 9.10. The van der Waals surface area contributed by atoms with Gasteiger partial charge in [0, 0.05) is 22.7 Å². The summed E-state index contributed by atoms with van der Waals surface area (Å²) in [4.78, 5) is 0. The first-order valence-corrected chi connectivity index (χ1v) is 6.14. The Kier molecular flexibility index (Phi) is 5.12. The van der Waals surface area contributed by atoms with E-state index in [0.29, 0.717) is 6.04 Å². The maximum atomic E-state index is 5.68. The highest BCUT2D eigenvalue weighted by Crippen LogP contribution is 2.19. The van der Waals surface area contributed by atoms with Gasteiger partial charge in [-0.3, -0.25) is 0 Å². The first kappa shape index (κ1) is 12.5. The zero-order valence-corrected chi connectivity index (χ0v) is 11.0. The van der Waals surface area contributed by atoms with E-state index in [-0.39, 0.29) is 0 Å². The predicted molar refractivity (Wildman–Crippen MR) is 70.3 cm³/mol. The first-order valence-electron chi connectivity index (χ1n) is 5.35. The van der Waals surface area contributed by atoms with E-state index >= 15 is 0 Å². The Hall–Kier alpha value is -0.540. The van der Waals surface area contributed by atoms with Crippen molar-refractivity contribution in [3.05, 3.63) is 28.2 Å². The lowest BCUT2D eigenvalue weighted by Crippen LogP contribution is -2.16. The van der Waals surface area contributed by atoms with Gasteiger partial charge in [0.15, 0.2) is 0 Å². The van der Waals surface area contributed by atoms with Gasteiger partial charge in [-0.2, -0.15) is 0 Å². The number of hydrogen-bond donors (Lipinski definition) is 2. The molecule has 2 nitrogen and oxygen atoms in total. The van der Waals surface area contributed by atoms with Gasteiger partial charge < -0.3 is 11.1 Å². The summed E-state index contributed by atoms with van der Waals surface area (Å²) in [6, 6.07) is 6.61. The van der Waals surface area contributed by atoms with Gasteiger partial charge in [0.05, 0.1) is 0 Å². The van der Waals surface area contributed by atoms with Gasteiger partial charge in [0.25, 0.3) is 0 Å². The predicted octanol–water partition coefficient (Wildman–Crippen LogP) is 3.30. The molecule has 1 aromatic carbocycles. The van der Waals surface area contributed by atoms with E-state index in [2.05, 4.69) is 46.4 Å². The molecule has 0 radical (unpaired) electrons. The van der Waals surface area contributed by atoms with Gasteiger partial charge in [0.1, 0.15) is 0 Å². The molecule has 0 bridgehead atoms. The van der Waals surface area contributed by atoms with Gasteiger partial charge in [-0.05, 0) is 50.5 Å². The van der Waals surface area contributed by atoms with Crippen LogP contribution in [-0.4, -0.2) is 12.6 Å². The second kappa shape index (κ2) is 6.13. The van der Waals surface area contributed by atoms with Crippen molar-refractivity contribution in [2.45, 2.75) is 32.7 Å². The number of nitrogens with two attached hydrogens (primary N) is 1. The summed E-state index contributed by atoms with van der Waals surface area (Å²) in [6.07, 6.45) is 2.19. The number of hydrogen-bond acceptors (Lipinski definition) is 2. The number of anilines is 1. The maximum Gasteiger partial charge on any atom is 0.0343 e. The van der Waals surface area contributed by atoms with Crippen molar-refractivity contribution < 1.29 is 0 Å². The van der Waals surface area contributed by atoms with Gasteiger partial charge in [-0.1, -0.05) is 15.9 Å². The van der Waals surface area contributed by atoms with E-state index < -0.39 is 0 Å². The molecular weight excluding hydrogens is 252 g/mol. The largest absolute Gasteiger partial charge is 0.385 e. The maximum absolute atomic E-state index is 5.68. The van der Waals surface area contributed by atoms with Crippen LogP contribution in [0.15, 0.2) is 22.7 Å². The number of benzene rings is 1. The van der Waals surface area contributed by atoms with Crippen LogP contribution in [0, 0.1) is 6.92 Å². The van der Waals surface area contributed by atoms with Crippen LogP contribution >= 0.6 is 15.9 Å². The molecule has 84 valence electrons. The Morgan fingerprint density at radius 1 is 1.47 bits per heavy atom. The average molecular weight is 271 g/mol. The second-order valence-corrected chi connectivity index (χ2v) is 4.86. The van der Waals surface area contributed by atoms with E-state index in [1.54, 1.807) is 0 Å². The second-order valence-electron chi connectivity index (χ2n) is 4.01. The minimum atomic E-state index is 0.304. The average Bonchev–Trinajstić information content (AvgIpc) is 2.18. The summed E-state index contributed by atoms with van der Waals surface area (Å²) >= 11 is 3.49. The number of nitrogens with one attached hydrogen (secondary N) is 1. The van der Waals surface area contributed by atoms with E-state index in [9.17, 15) is 0 Å². The Labute approximate surface area is 100 Å². The van der Waals surface area contributed by atoms with Crippen LogP contribution in [0.1, 0.15) is 25.3 Å². The first-order chi connectivity index (χ1) is 7.09. The number of rotatable bonds is 5. The lowest BCUT2D eigenvalue weighted by molar-refractivity contribution is 0.639. The molecule has 0 saturated heterocycles. The fraction of sp³-hybridized carbons (Fsp3) is 0.500. The van der Waals surface area contributed by atoms with E-state index in [1.165, 1.54) is 11.3 Å². The molecule has 3 N–H and O–H groups in total. The Morgan fingerprint density at radius 3 is 2.80 bits per heavy atom. The molecule has 3 heteroatoms. The molecule has 0 amide bonds. The molecule has 0 aromatic heterocycles. The van der Waals surface area contributed by atoms with Crippen LogP contribution in [-0.2, 0) is 0 Å². The van der Waals surface area contributed by atoms with Crippen LogP contribution in [0.4, 0.5) is 5.69 Å². The van der Waals surface area contributed by atoms with Crippen molar-refractivity contribution >= 4 is 21.6 Å². The minimum Gasteiger partial charge on any atom is -0.385 e. The summed E-state index contributed by atoms with van der Waals surface area (Å²) in [7, 11) is 0. The van der Waals surface area contributed by atoms with Crippen molar-refractivity contribution in [2.24, 2.45) is 5.73 Å². The zero-order chi connectivity index (χ0) is 11.3. The highest BCUT2D eigenvalue weighted by Gasteiger charge is 1.97. The van der Waals surface area contributed by atoms with Gasteiger partial charge in [-0.15, -0.1) is 0 Å². The molecular formula is C12H19BrN2. The van der Waals surface area contributed by atoms with Crippen LogP contribution in [0.3, 0.4) is 0 Å². The highest BCUT2D eigenvalue weighted by atomic mass is 79.9. The molecule has 0 aliphatic heterocycles. The fourth-order valence-corrected chi connectivity index (χ4v) is 1.66. The third-order valence-corrected chi connectivity index (χ3v) is 3.21. The molecule has 1 unspecified atom stereocenters. The summed E-state index contributed by atoms with van der Waals surface area (Å²) < 4.78 is 1.16. The normalized spacial score (nSPS) is 12.5. The molecule has 0 heterocycles. The van der Waals surface area contributed by atoms with E-state index in [0.717, 1.165) is 23.9 Å². The van der Waals surface area contributed by atoms with E-state index in [4.69, 9.17) is 5.73 Å². The van der Waals surface area contributed by atoms with E-state index in [1.807, 2.05) is 6.92 Å². The van der Waals surface area contributed by atoms with Crippen LogP contribution in [0.2, 0.25) is 0 Å². The molecule has 0 spiro atoms. The Bertz CT molecular complexity index is 310. The third-order valence-electron chi connectivity index (χ3n) is 2.32. The van der Waals surface area contributed by atoms with Gasteiger partial charge in [0.2, 0.25) is 0 Å². The Morgan fingerprint density at radius 2 is 2.20 bits per heavy atom. The molecule has 0 saturated carbocycles.